The van der Waals surface area contributed by atoms with Gasteiger partial charge in [0.25, 0.3) is 0 Å². The minimum absolute atomic E-state index is 0.403. The summed E-state index contributed by atoms with van der Waals surface area (Å²) < 4.78 is 1.65. The number of aryl methyl sites for hydroxylation is 2. The van der Waals surface area contributed by atoms with Gasteiger partial charge < -0.3 is 0 Å². The fraction of sp³-hybridized carbons (Fsp3) is 0.111. The summed E-state index contributed by atoms with van der Waals surface area (Å²) in [5, 5.41) is 7.83. The number of halogens is 1. The van der Waals surface area contributed by atoms with Crippen molar-refractivity contribution < 1.29 is 4.79 Å². The Morgan fingerprint density at radius 3 is 2.60 bits per heavy atom. The zero-order valence-corrected chi connectivity index (χ0v) is 14.6. The largest absolute Gasteiger partial charge is 0.339 e. The number of hydrogen-bond donors (Lipinski definition) is 3. The number of carbonyl (C=O) groups excluding carboxylic acids is 1. The van der Waals surface area contributed by atoms with Crippen molar-refractivity contribution in [1.29, 1.82) is 0 Å². The highest BCUT2D eigenvalue weighted by Gasteiger charge is 2.17. The van der Waals surface area contributed by atoms with Gasteiger partial charge in [0.05, 0.1) is 11.4 Å². The molecular formula is C18H18ClN5O. The molecule has 0 spiro atoms. The van der Waals surface area contributed by atoms with Crippen LogP contribution in [0, 0.1) is 6.92 Å². The number of carbonyl (C=O) groups is 1. The normalized spacial score (nSPS) is 10.4. The van der Waals surface area contributed by atoms with Gasteiger partial charge in [-0.25, -0.2) is 4.79 Å². The third kappa shape index (κ3) is 3.92. The van der Waals surface area contributed by atoms with Crippen molar-refractivity contribution in [3.8, 4) is 11.1 Å². The number of nitrogens with zero attached hydrogens (tertiary/aromatic N) is 2. The predicted octanol–water partition coefficient (Wildman–Crippen LogP) is 4.20. The van der Waals surface area contributed by atoms with E-state index in [0.29, 0.717) is 16.5 Å². The number of nitrogens with one attached hydrogen (secondary N) is 3. The van der Waals surface area contributed by atoms with Crippen LogP contribution in [0.15, 0.2) is 54.6 Å². The summed E-state index contributed by atoms with van der Waals surface area (Å²) in [6.07, 6.45) is 0. The lowest BCUT2D eigenvalue weighted by atomic mass is 10.1. The molecule has 25 heavy (non-hydrogen) atoms. The van der Waals surface area contributed by atoms with Crippen LogP contribution in [0.25, 0.3) is 11.1 Å². The third-order valence-electron chi connectivity index (χ3n) is 3.66. The number of rotatable bonds is 4. The zero-order chi connectivity index (χ0) is 17.8. The van der Waals surface area contributed by atoms with Crippen LogP contribution in [0.4, 0.5) is 16.3 Å². The first-order valence-corrected chi connectivity index (χ1v) is 8.10. The maximum atomic E-state index is 12.3. The Kier molecular flexibility index (Phi) is 4.90. The Hall–Kier alpha value is -2.99. The van der Waals surface area contributed by atoms with Gasteiger partial charge in [-0.15, -0.1) is 0 Å². The van der Waals surface area contributed by atoms with Crippen LogP contribution in [-0.2, 0) is 7.05 Å². The van der Waals surface area contributed by atoms with Crippen molar-refractivity contribution in [2.75, 3.05) is 10.7 Å². The molecule has 1 heterocycles. The second-order valence-electron chi connectivity index (χ2n) is 5.51. The number of hydrogen-bond acceptors (Lipinski definition) is 3. The maximum absolute atomic E-state index is 12.3. The summed E-state index contributed by atoms with van der Waals surface area (Å²) in [6.45, 7) is 1.91. The van der Waals surface area contributed by atoms with E-state index >= 15 is 0 Å². The molecule has 0 unspecified atom stereocenters. The van der Waals surface area contributed by atoms with Crippen LogP contribution in [-0.4, -0.2) is 15.8 Å². The number of aromatic nitrogens is 2. The summed E-state index contributed by atoms with van der Waals surface area (Å²) in [4.78, 5) is 12.3. The molecule has 0 saturated carbocycles. The molecule has 7 heteroatoms. The Labute approximate surface area is 150 Å². The summed E-state index contributed by atoms with van der Waals surface area (Å²) >= 11 is 5.92. The molecule has 0 bridgehead atoms. The highest BCUT2D eigenvalue weighted by atomic mass is 35.5. The van der Waals surface area contributed by atoms with Gasteiger partial charge in [0, 0.05) is 17.6 Å². The fourth-order valence-electron chi connectivity index (χ4n) is 2.59. The van der Waals surface area contributed by atoms with E-state index in [9.17, 15) is 4.79 Å². The Bertz CT molecular complexity index is 892. The Balaban J connectivity index is 1.75. The molecule has 0 fully saturated rings. The van der Waals surface area contributed by atoms with E-state index in [4.69, 9.17) is 11.6 Å². The van der Waals surface area contributed by atoms with Gasteiger partial charge in [-0.2, -0.15) is 5.10 Å². The van der Waals surface area contributed by atoms with E-state index < -0.39 is 6.03 Å². The number of hydrazine groups is 1. The van der Waals surface area contributed by atoms with Gasteiger partial charge in [-0.05, 0) is 30.7 Å². The molecule has 2 aromatic carbocycles. The van der Waals surface area contributed by atoms with E-state index in [1.807, 2.05) is 37.3 Å². The van der Waals surface area contributed by atoms with Crippen molar-refractivity contribution in [3.63, 3.8) is 0 Å². The van der Waals surface area contributed by atoms with Gasteiger partial charge >= 0.3 is 6.03 Å². The average molecular weight is 356 g/mol. The van der Waals surface area contributed by atoms with E-state index in [2.05, 4.69) is 21.3 Å². The van der Waals surface area contributed by atoms with Crippen LogP contribution >= 0.6 is 11.6 Å². The van der Waals surface area contributed by atoms with Gasteiger partial charge in [0.1, 0.15) is 5.82 Å². The molecule has 2 amide bonds. The SMILES string of the molecule is Cc1nn(C)c(NC(=O)NNc2cccc(Cl)c2)c1-c1ccccc1. The third-order valence-corrected chi connectivity index (χ3v) is 3.90. The molecule has 0 radical (unpaired) electrons. The molecule has 0 atom stereocenters. The standard InChI is InChI=1S/C18H18ClN5O/c1-12-16(13-7-4-3-5-8-13)17(24(2)23-12)20-18(25)22-21-15-10-6-9-14(19)11-15/h3-11,21H,1-2H3,(H2,20,22,25). The molecule has 0 aliphatic heterocycles. The van der Waals surface area contributed by atoms with Crippen molar-refractivity contribution in [3.05, 3.63) is 65.3 Å². The Morgan fingerprint density at radius 2 is 1.88 bits per heavy atom. The van der Waals surface area contributed by atoms with Crippen molar-refractivity contribution >= 4 is 29.1 Å². The summed E-state index contributed by atoms with van der Waals surface area (Å²) in [5.41, 5.74) is 8.81. The number of anilines is 2. The highest BCUT2D eigenvalue weighted by Crippen LogP contribution is 2.30. The first kappa shape index (κ1) is 16.9. The van der Waals surface area contributed by atoms with E-state index in [1.165, 1.54) is 0 Å². The first-order valence-electron chi connectivity index (χ1n) is 7.72. The fourth-order valence-corrected chi connectivity index (χ4v) is 2.78. The van der Waals surface area contributed by atoms with Gasteiger partial charge in [0.2, 0.25) is 0 Å². The molecule has 6 nitrogen and oxygen atoms in total. The summed E-state index contributed by atoms with van der Waals surface area (Å²) in [7, 11) is 1.79. The molecule has 1 aromatic heterocycles. The molecule has 128 valence electrons. The molecule has 3 aromatic rings. The molecule has 3 rings (SSSR count). The molecule has 0 aliphatic carbocycles. The molecular weight excluding hydrogens is 338 g/mol. The Morgan fingerprint density at radius 1 is 1.12 bits per heavy atom. The minimum atomic E-state index is -0.403. The lowest BCUT2D eigenvalue weighted by Gasteiger charge is -2.12. The number of urea groups is 1. The van der Waals surface area contributed by atoms with Crippen LogP contribution in [0.5, 0.6) is 0 Å². The smallest absolute Gasteiger partial charge is 0.297 e. The average Bonchev–Trinajstić information content (AvgIpc) is 2.87. The molecule has 3 N–H and O–H groups in total. The van der Waals surface area contributed by atoms with E-state index in [1.54, 1.807) is 36.0 Å². The van der Waals surface area contributed by atoms with Crippen LogP contribution in [0.2, 0.25) is 5.02 Å². The lowest BCUT2D eigenvalue weighted by molar-refractivity contribution is 0.253. The maximum Gasteiger partial charge on any atom is 0.339 e. The van der Waals surface area contributed by atoms with Crippen molar-refractivity contribution in [1.82, 2.24) is 15.2 Å². The monoisotopic (exact) mass is 355 g/mol. The molecule has 0 aliphatic rings. The molecule has 0 saturated heterocycles. The highest BCUT2D eigenvalue weighted by molar-refractivity contribution is 6.30. The second-order valence-corrected chi connectivity index (χ2v) is 5.95. The minimum Gasteiger partial charge on any atom is -0.297 e. The second kappa shape index (κ2) is 7.27. The zero-order valence-electron chi connectivity index (χ0n) is 13.9. The van der Waals surface area contributed by atoms with Gasteiger partial charge in [-0.1, -0.05) is 48.0 Å². The van der Waals surface area contributed by atoms with E-state index in [0.717, 1.165) is 16.8 Å². The van der Waals surface area contributed by atoms with E-state index in [-0.39, 0.29) is 0 Å². The van der Waals surface area contributed by atoms with Gasteiger partial charge in [-0.3, -0.25) is 20.9 Å². The van der Waals surface area contributed by atoms with Crippen molar-refractivity contribution in [2.24, 2.45) is 7.05 Å². The predicted molar refractivity (Wildman–Crippen MR) is 101 cm³/mol. The summed E-state index contributed by atoms with van der Waals surface area (Å²) in [6, 6.07) is 16.5. The van der Waals surface area contributed by atoms with Crippen LogP contribution in [0.3, 0.4) is 0 Å². The van der Waals surface area contributed by atoms with Crippen LogP contribution in [0.1, 0.15) is 5.69 Å². The topological polar surface area (TPSA) is 71.0 Å². The lowest BCUT2D eigenvalue weighted by Crippen LogP contribution is -2.34. The first-order chi connectivity index (χ1) is 12.0. The number of amides is 2. The summed E-state index contributed by atoms with van der Waals surface area (Å²) in [5.74, 6) is 0.620. The van der Waals surface area contributed by atoms with Crippen LogP contribution < -0.4 is 16.2 Å². The van der Waals surface area contributed by atoms with Crippen molar-refractivity contribution in [2.45, 2.75) is 6.92 Å². The quantitative estimate of drug-likeness (QED) is 0.614. The van der Waals surface area contributed by atoms with Gasteiger partial charge in [0.15, 0.2) is 0 Å². The number of benzene rings is 2.